The Labute approximate surface area is 193 Å². The van der Waals surface area contributed by atoms with Gasteiger partial charge in [0.25, 0.3) is 0 Å². The number of carbonyl (C=O) groups is 1. The number of nitrogens with zero attached hydrogens (tertiary/aromatic N) is 1. The van der Waals surface area contributed by atoms with E-state index < -0.39 is 0 Å². The van der Waals surface area contributed by atoms with Crippen molar-refractivity contribution in [1.29, 1.82) is 0 Å². The lowest BCUT2D eigenvalue weighted by molar-refractivity contribution is -0.0868. The SMILES string of the molecule is O=C(COCc1ccccc1)c1cnc2[nH]ccc2c1NC1[C@@H]2CC3C[C@H]1CC(CO)(C3)C2. The standard InChI is InChI=1S/C27H31N3O3/c31-16-27-10-18-8-19(11-27)24(20(9-18)12-27)30-25-21-6-7-28-26(21)29-13-22(25)23(32)15-33-14-17-4-2-1-3-5-17/h1-7,13,18-20,24,31H,8-12,14-16H2,(H2,28,29,30)/t18?,19-,20+,24?,27?. The van der Waals surface area contributed by atoms with Crippen molar-refractivity contribution in [1.82, 2.24) is 9.97 Å². The van der Waals surface area contributed by atoms with Gasteiger partial charge in [-0.2, -0.15) is 0 Å². The van der Waals surface area contributed by atoms with Crippen LogP contribution >= 0.6 is 0 Å². The molecular formula is C27H31N3O3. The van der Waals surface area contributed by atoms with Crippen LogP contribution < -0.4 is 5.32 Å². The number of hydrogen-bond acceptors (Lipinski definition) is 5. The molecule has 0 saturated heterocycles. The smallest absolute Gasteiger partial charge is 0.192 e. The lowest BCUT2D eigenvalue weighted by atomic mass is 9.48. The van der Waals surface area contributed by atoms with E-state index in [4.69, 9.17) is 4.74 Å². The molecule has 4 saturated carbocycles. The minimum Gasteiger partial charge on any atom is -0.396 e. The summed E-state index contributed by atoms with van der Waals surface area (Å²) in [7, 11) is 0. The fraction of sp³-hybridized carbons (Fsp3) is 0.481. The maximum Gasteiger partial charge on any atom is 0.192 e. The summed E-state index contributed by atoms with van der Waals surface area (Å²) >= 11 is 0. The number of ether oxygens (including phenoxy) is 1. The van der Waals surface area contributed by atoms with Crippen LogP contribution in [0.25, 0.3) is 11.0 Å². The number of rotatable bonds is 8. The molecule has 0 spiro atoms. The number of aromatic nitrogens is 2. The van der Waals surface area contributed by atoms with Gasteiger partial charge in [0.1, 0.15) is 12.3 Å². The highest BCUT2D eigenvalue weighted by Gasteiger charge is 2.55. The zero-order valence-electron chi connectivity index (χ0n) is 18.8. The molecule has 33 heavy (non-hydrogen) atoms. The van der Waals surface area contributed by atoms with E-state index in [1.807, 2.05) is 42.6 Å². The lowest BCUT2D eigenvalue weighted by Gasteiger charge is -2.60. The van der Waals surface area contributed by atoms with E-state index in [1.165, 1.54) is 19.3 Å². The van der Waals surface area contributed by atoms with E-state index in [9.17, 15) is 9.90 Å². The number of aliphatic hydroxyl groups excluding tert-OH is 1. The van der Waals surface area contributed by atoms with Gasteiger partial charge < -0.3 is 20.1 Å². The number of aromatic amines is 1. The molecule has 0 radical (unpaired) electrons. The third kappa shape index (κ3) is 3.75. The van der Waals surface area contributed by atoms with Crippen LogP contribution in [0.3, 0.4) is 0 Å². The molecule has 3 N–H and O–H groups in total. The van der Waals surface area contributed by atoms with Crippen molar-refractivity contribution in [3.63, 3.8) is 0 Å². The van der Waals surface area contributed by atoms with Gasteiger partial charge in [0.15, 0.2) is 5.78 Å². The molecule has 2 aromatic heterocycles. The van der Waals surface area contributed by atoms with Crippen molar-refractivity contribution in [2.45, 2.75) is 44.8 Å². The van der Waals surface area contributed by atoms with Gasteiger partial charge in [-0.15, -0.1) is 0 Å². The fourth-order valence-corrected chi connectivity index (χ4v) is 7.08. The second kappa shape index (κ2) is 8.26. The summed E-state index contributed by atoms with van der Waals surface area (Å²) in [6.45, 7) is 0.740. The zero-order chi connectivity index (χ0) is 22.4. The average Bonchev–Trinajstić information content (AvgIpc) is 3.31. The van der Waals surface area contributed by atoms with Gasteiger partial charge in [0, 0.05) is 30.4 Å². The van der Waals surface area contributed by atoms with Gasteiger partial charge in [-0.1, -0.05) is 30.3 Å². The summed E-state index contributed by atoms with van der Waals surface area (Å²) < 4.78 is 5.76. The van der Waals surface area contributed by atoms with Gasteiger partial charge in [-0.05, 0) is 66.9 Å². The molecule has 0 aliphatic heterocycles. The van der Waals surface area contributed by atoms with Crippen molar-refractivity contribution < 1.29 is 14.6 Å². The summed E-state index contributed by atoms with van der Waals surface area (Å²) in [5, 5.41) is 14.9. The van der Waals surface area contributed by atoms with Crippen LogP contribution in [-0.4, -0.2) is 40.1 Å². The first-order chi connectivity index (χ1) is 16.1. The molecule has 4 fully saturated rings. The Kier molecular flexibility index (Phi) is 5.23. The van der Waals surface area contributed by atoms with E-state index in [-0.39, 0.29) is 17.8 Å². The molecule has 172 valence electrons. The predicted octanol–water partition coefficient (Wildman–Crippen LogP) is 4.56. The molecule has 0 amide bonds. The number of H-pyrrole nitrogens is 1. The van der Waals surface area contributed by atoms with E-state index in [0.29, 0.717) is 36.7 Å². The summed E-state index contributed by atoms with van der Waals surface area (Å²) in [4.78, 5) is 20.9. The number of benzene rings is 1. The minimum absolute atomic E-state index is 0.0222. The molecule has 4 bridgehead atoms. The Morgan fingerprint density at radius 3 is 2.70 bits per heavy atom. The number of nitrogens with one attached hydrogen (secondary N) is 2. The lowest BCUT2D eigenvalue weighted by Crippen LogP contribution is -2.57. The summed E-state index contributed by atoms with van der Waals surface area (Å²) in [5.41, 5.74) is 3.44. The van der Waals surface area contributed by atoms with E-state index in [2.05, 4.69) is 15.3 Å². The molecule has 3 unspecified atom stereocenters. The summed E-state index contributed by atoms with van der Waals surface area (Å²) in [6, 6.07) is 12.2. The van der Waals surface area contributed by atoms with E-state index in [0.717, 1.165) is 41.0 Å². The van der Waals surface area contributed by atoms with Crippen molar-refractivity contribution >= 4 is 22.5 Å². The monoisotopic (exact) mass is 445 g/mol. The van der Waals surface area contributed by atoms with Crippen molar-refractivity contribution in [2.75, 3.05) is 18.5 Å². The van der Waals surface area contributed by atoms with Crippen LogP contribution in [0.4, 0.5) is 5.69 Å². The molecule has 4 aliphatic rings. The maximum atomic E-state index is 13.2. The highest BCUT2D eigenvalue weighted by molar-refractivity contribution is 6.08. The Morgan fingerprint density at radius 1 is 1.15 bits per heavy atom. The number of fused-ring (bicyclic) bond motifs is 1. The maximum absolute atomic E-state index is 13.2. The molecule has 5 atom stereocenters. The van der Waals surface area contributed by atoms with E-state index >= 15 is 0 Å². The first-order valence-corrected chi connectivity index (χ1v) is 12.1. The van der Waals surface area contributed by atoms with E-state index in [1.54, 1.807) is 6.20 Å². The van der Waals surface area contributed by atoms with Gasteiger partial charge in [-0.3, -0.25) is 4.79 Å². The molecule has 2 heterocycles. The molecule has 6 nitrogen and oxygen atoms in total. The normalized spacial score (nSPS) is 30.1. The molecule has 1 aromatic carbocycles. The Morgan fingerprint density at radius 2 is 1.94 bits per heavy atom. The van der Waals surface area contributed by atoms with Gasteiger partial charge in [0.05, 0.1) is 17.9 Å². The Balaban J connectivity index is 1.24. The number of aliphatic hydroxyl groups is 1. The molecule has 6 heteroatoms. The third-order valence-electron chi connectivity index (χ3n) is 8.28. The highest BCUT2D eigenvalue weighted by atomic mass is 16.5. The van der Waals surface area contributed by atoms with Crippen LogP contribution in [0.15, 0.2) is 48.8 Å². The van der Waals surface area contributed by atoms with Crippen LogP contribution in [0.2, 0.25) is 0 Å². The van der Waals surface area contributed by atoms with Crippen LogP contribution in [-0.2, 0) is 11.3 Å². The number of Topliss-reactive ketones (excluding diaryl/α,β-unsaturated/α-hetero) is 1. The second-order valence-corrected chi connectivity index (χ2v) is 10.5. The van der Waals surface area contributed by atoms with Gasteiger partial charge in [-0.25, -0.2) is 4.98 Å². The second-order valence-electron chi connectivity index (χ2n) is 10.5. The van der Waals surface area contributed by atoms with Gasteiger partial charge in [0.2, 0.25) is 0 Å². The Bertz CT molecular complexity index is 1140. The largest absolute Gasteiger partial charge is 0.396 e. The number of carbonyl (C=O) groups excluding carboxylic acids is 1. The van der Waals surface area contributed by atoms with Crippen LogP contribution in [0.5, 0.6) is 0 Å². The number of anilines is 1. The first kappa shape index (κ1) is 20.9. The molecule has 3 aromatic rings. The van der Waals surface area contributed by atoms with Crippen LogP contribution in [0, 0.1) is 23.2 Å². The molecular weight excluding hydrogens is 414 g/mol. The third-order valence-corrected chi connectivity index (χ3v) is 8.28. The summed E-state index contributed by atoms with van der Waals surface area (Å²) in [5.74, 6) is 1.77. The number of hydrogen-bond donors (Lipinski definition) is 3. The number of pyridine rings is 1. The number of ketones is 1. The van der Waals surface area contributed by atoms with Crippen molar-refractivity contribution in [3.8, 4) is 0 Å². The van der Waals surface area contributed by atoms with Crippen molar-refractivity contribution in [3.05, 3.63) is 59.9 Å². The zero-order valence-corrected chi connectivity index (χ0v) is 18.8. The highest BCUT2D eigenvalue weighted by Crippen LogP contribution is 2.60. The van der Waals surface area contributed by atoms with Crippen LogP contribution in [0.1, 0.15) is 48.0 Å². The fourth-order valence-electron chi connectivity index (χ4n) is 7.08. The summed E-state index contributed by atoms with van der Waals surface area (Å²) in [6.07, 6.45) is 9.35. The molecule has 4 aliphatic carbocycles. The predicted molar refractivity (Wildman–Crippen MR) is 127 cm³/mol. The van der Waals surface area contributed by atoms with Gasteiger partial charge >= 0.3 is 0 Å². The van der Waals surface area contributed by atoms with Crippen molar-refractivity contribution in [2.24, 2.45) is 23.2 Å². The Hall–Kier alpha value is -2.70. The molecule has 7 rings (SSSR count). The quantitative estimate of drug-likeness (QED) is 0.443. The topological polar surface area (TPSA) is 87.2 Å². The first-order valence-electron chi connectivity index (χ1n) is 12.1. The average molecular weight is 446 g/mol. The minimum atomic E-state index is -0.0559.